The zero-order valence-electron chi connectivity index (χ0n) is 20.4. The fourth-order valence-corrected chi connectivity index (χ4v) is 6.80. The highest BCUT2D eigenvalue weighted by Crippen LogP contribution is 2.58. The molecule has 0 aromatic rings. The molecule has 0 amide bonds. The summed E-state index contributed by atoms with van der Waals surface area (Å²) in [6.07, 6.45) is 15.1. The molecule has 3 saturated carbocycles. The molecule has 0 unspecified atom stereocenters. The van der Waals surface area contributed by atoms with Crippen LogP contribution in [0.3, 0.4) is 0 Å². The van der Waals surface area contributed by atoms with Gasteiger partial charge in [-0.15, -0.1) is 0 Å². The van der Waals surface area contributed by atoms with E-state index in [0.717, 1.165) is 48.2 Å². The first-order valence-corrected chi connectivity index (χ1v) is 12.7. The van der Waals surface area contributed by atoms with Crippen molar-refractivity contribution in [1.29, 1.82) is 0 Å². The van der Waals surface area contributed by atoms with Crippen molar-refractivity contribution in [3.63, 3.8) is 0 Å². The Morgan fingerprint density at radius 3 is 2.65 bits per heavy atom. The molecule has 3 N–H and O–H groups in total. The molecule has 6 atom stereocenters. The Labute approximate surface area is 190 Å². The van der Waals surface area contributed by atoms with Crippen LogP contribution in [0.15, 0.2) is 35.5 Å². The molecule has 3 heteroatoms. The molecule has 3 fully saturated rings. The van der Waals surface area contributed by atoms with Gasteiger partial charge in [-0.3, -0.25) is 0 Å². The van der Waals surface area contributed by atoms with E-state index in [2.05, 4.69) is 32.6 Å². The second-order valence-electron chi connectivity index (χ2n) is 11.8. The summed E-state index contributed by atoms with van der Waals surface area (Å²) in [7, 11) is 0. The van der Waals surface area contributed by atoms with E-state index < -0.39 is 17.8 Å². The summed E-state index contributed by atoms with van der Waals surface area (Å²) in [5.74, 6) is 2.27. The topological polar surface area (TPSA) is 60.7 Å². The largest absolute Gasteiger partial charge is 0.393 e. The van der Waals surface area contributed by atoms with Crippen LogP contribution < -0.4 is 0 Å². The maximum absolute atomic E-state index is 10.1. The average Bonchev–Trinajstić information content (AvgIpc) is 2.88. The molecule has 3 rings (SSSR count). The van der Waals surface area contributed by atoms with Crippen LogP contribution in [-0.2, 0) is 0 Å². The predicted octanol–water partition coefficient (Wildman–Crippen LogP) is 6.09. The molecule has 0 aliphatic heterocycles. The first kappa shape index (κ1) is 24.7. The van der Waals surface area contributed by atoms with Crippen LogP contribution in [-0.4, -0.2) is 33.1 Å². The Bertz CT molecular complexity index is 698. The highest BCUT2D eigenvalue weighted by Gasteiger charge is 2.48. The lowest BCUT2D eigenvalue weighted by atomic mass is 9.66. The molecule has 3 nitrogen and oxygen atoms in total. The maximum atomic E-state index is 10.1. The van der Waals surface area contributed by atoms with Crippen LogP contribution in [0.25, 0.3) is 0 Å². The van der Waals surface area contributed by atoms with E-state index >= 15 is 0 Å². The molecule has 0 spiro atoms. The number of hydrogen-bond donors (Lipinski definition) is 3. The highest BCUT2D eigenvalue weighted by atomic mass is 16.3. The van der Waals surface area contributed by atoms with Crippen molar-refractivity contribution in [2.24, 2.45) is 23.2 Å². The van der Waals surface area contributed by atoms with Crippen LogP contribution in [0, 0.1) is 23.2 Å². The van der Waals surface area contributed by atoms with E-state index in [-0.39, 0.29) is 0 Å². The van der Waals surface area contributed by atoms with Gasteiger partial charge in [0.1, 0.15) is 0 Å². The molecule has 0 heterocycles. The lowest BCUT2D eigenvalue weighted by Crippen LogP contribution is -2.32. The summed E-state index contributed by atoms with van der Waals surface area (Å²) >= 11 is 0. The third-order valence-corrected chi connectivity index (χ3v) is 8.75. The number of allylic oxidation sites excluding steroid dienone is 3. The summed E-state index contributed by atoms with van der Waals surface area (Å²) in [6.45, 7) is 12.9. The number of hydrogen-bond acceptors (Lipinski definition) is 3. The first-order chi connectivity index (χ1) is 14.5. The fraction of sp³-hybridized carbons (Fsp3) is 0.786. The van der Waals surface area contributed by atoms with Gasteiger partial charge in [-0.2, -0.15) is 0 Å². The van der Waals surface area contributed by atoms with Crippen molar-refractivity contribution in [2.75, 3.05) is 0 Å². The molecule has 31 heavy (non-hydrogen) atoms. The Balaban J connectivity index is 1.65. The fourth-order valence-electron chi connectivity index (χ4n) is 6.80. The predicted molar refractivity (Wildman–Crippen MR) is 129 cm³/mol. The Kier molecular flexibility index (Phi) is 7.92. The summed E-state index contributed by atoms with van der Waals surface area (Å²) in [4.78, 5) is 0. The van der Waals surface area contributed by atoms with Crippen LogP contribution in [0.2, 0.25) is 0 Å². The summed E-state index contributed by atoms with van der Waals surface area (Å²) in [5.41, 5.74) is 3.20. The second kappa shape index (κ2) is 9.93. The van der Waals surface area contributed by atoms with Gasteiger partial charge >= 0.3 is 0 Å². The van der Waals surface area contributed by atoms with E-state index in [1.165, 1.54) is 44.1 Å². The van der Waals surface area contributed by atoms with Crippen molar-refractivity contribution in [3.8, 4) is 0 Å². The molecule has 0 bridgehead atoms. The van der Waals surface area contributed by atoms with Gasteiger partial charge in [0, 0.05) is 6.42 Å². The first-order valence-electron chi connectivity index (χ1n) is 12.7. The van der Waals surface area contributed by atoms with E-state index in [1.54, 1.807) is 0 Å². The van der Waals surface area contributed by atoms with Gasteiger partial charge in [-0.25, -0.2) is 0 Å². The number of fused-ring (bicyclic) bond motifs is 1. The van der Waals surface area contributed by atoms with Crippen molar-refractivity contribution in [1.82, 2.24) is 0 Å². The van der Waals surface area contributed by atoms with Crippen molar-refractivity contribution >= 4 is 0 Å². The summed E-state index contributed by atoms with van der Waals surface area (Å²) in [5, 5.41) is 30.2. The SMILES string of the molecule is C=C1/C(=C\C=C2/CCC[C@@]3(C)[C@@H](CC[C@@H]3[C@H](C)CCCC(C)(C)O)C2)C[C@@H](O)C[C@@H]1O. The van der Waals surface area contributed by atoms with Gasteiger partial charge in [0.15, 0.2) is 0 Å². The van der Waals surface area contributed by atoms with Crippen LogP contribution in [0.5, 0.6) is 0 Å². The minimum atomic E-state index is -0.612. The molecule has 3 aliphatic carbocycles. The van der Waals surface area contributed by atoms with Gasteiger partial charge in [0.2, 0.25) is 0 Å². The van der Waals surface area contributed by atoms with E-state index in [4.69, 9.17) is 0 Å². The smallest absolute Gasteiger partial charge is 0.0811 e. The van der Waals surface area contributed by atoms with Crippen LogP contribution in [0.1, 0.15) is 98.3 Å². The Morgan fingerprint density at radius 1 is 1.19 bits per heavy atom. The van der Waals surface area contributed by atoms with E-state index in [0.29, 0.717) is 18.3 Å². The molecule has 0 aromatic carbocycles. The molecule has 3 aliphatic rings. The quantitative estimate of drug-likeness (QED) is 0.477. The molecule has 0 saturated heterocycles. The van der Waals surface area contributed by atoms with Crippen molar-refractivity contribution < 1.29 is 15.3 Å². The van der Waals surface area contributed by atoms with Crippen LogP contribution in [0.4, 0.5) is 0 Å². The van der Waals surface area contributed by atoms with Gasteiger partial charge < -0.3 is 15.3 Å². The normalized spacial score (nSPS) is 38.4. The molecule has 176 valence electrons. The van der Waals surface area contributed by atoms with Gasteiger partial charge in [0.25, 0.3) is 0 Å². The monoisotopic (exact) mass is 430 g/mol. The van der Waals surface area contributed by atoms with Gasteiger partial charge in [-0.05, 0) is 99.5 Å². The minimum absolute atomic E-state index is 0.405. The molecular weight excluding hydrogens is 384 g/mol. The van der Waals surface area contributed by atoms with Crippen molar-refractivity contribution in [2.45, 2.75) is 116 Å². The Hall–Kier alpha value is -0.900. The highest BCUT2D eigenvalue weighted by molar-refractivity contribution is 5.38. The summed E-state index contributed by atoms with van der Waals surface area (Å²) < 4.78 is 0. The Morgan fingerprint density at radius 2 is 1.94 bits per heavy atom. The van der Waals surface area contributed by atoms with Crippen molar-refractivity contribution in [3.05, 3.63) is 35.5 Å². The zero-order valence-corrected chi connectivity index (χ0v) is 20.4. The number of aliphatic hydroxyl groups is 3. The lowest BCUT2D eigenvalue weighted by molar-refractivity contribution is 0.0606. The lowest BCUT2D eigenvalue weighted by Gasteiger charge is -2.39. The van der Waals surface area contributed by atoms with E-state index in [9.17, 15) is 15.3 Å². The molecular formula is C28H46O3. The third-order valence-electron chi connectivity index (χ3n) is 8.75. The van der Waals surface area contributed by atoms with E-state index in [1.807, 2.05) is 13.8 Å². The second-order valence-corrected chi connectivity index (χ2v) is 11.8. The molecule has 0 aromatic heterocycles. The number of aliphatic hydroxyl groups excluding tert-OH is 2. The number of rotatable bonds is 6. The zero-order chi connectivity index (χ0) is 22.8. The van der Waals surface area contributed by atoms with Crippen LogP contribution >= 0.6 is 0 Å². The standard InChI is InChI=1S/C28H46O3/c1-19(8-6-14-27(3,4)31)25-13-12-23-16-21(9-7-15-28(23,25)5)10-11-22-17-24(29)18-26(30)20(22)2/h10-11,19,23-26,29-31H,2,6-9,12-18H2,1,3-5H3/b21-10+,22-11-/t19-,23+,24-,25-,26+,28+/m1/s1. The average molecular weight is 431 g/mol. The van der Waals surface area contributed by atoms with Gasteiger partial charge in [-0.1, -0.05) is 51.0 Å². The maximum Gasteiger partial charge on any atom is 0.0811 e. The minimum Gasteiger partial charge on any atom is -0.393 e. The summed E-state index contributed by atoms with van der Waals surface area (Å²) in [6, 6.07) is 0. The third kappa shape index (κ3) is 6.12. The molecule has 0 radical (unpaired) electrons. The van der Waals surface area contributed by atoms with Gasteiger partial charge in [0.05, 0.1) is 17.8 Å².